The van der Waals surface area contributed by atoms with Gasteiger partial charge >= 0.3 is 17.6 Å². The van der Waals surface area contributed by atoms with E-state index in [1.165, 1.54) is 32.4 Å². The van der Waals surface area contributed by atoms with Gasteiger partial charge in [0.15, 0.2) is 4.98 Å². The number of diazo groups is 1. The Balaban J connectivity index is 3.27. The first-order valence-electron chi connectivity index (χ1n) is 4.29. The van der Waals surface area contributed by atoms with Gasteiger partial charge in [0.05, 0.1) is 25.3 Å². The van der Waals surface area contributed by atoms with Gasteiger partial charge in [0.25, 0.3) is 0 Å². The monoisotopic (exact) mass is 221 g/mol. The molecule has 0 heterocycles. The fourth-order valence-corrected chi connectivity index (χ4v) is 1.14. The van der Waals surface area contributed by atoms with Crippen molar-refractivity contribution >= 4 is 17.6 Å². The standard InChI is InChI=1S/C10H9N2O4/c1-15-9(13)6-3-7(10(14)16-2)5-8(4-6)12-11/h3-5H,1-2H3/q+1. The topological polar surface area (TPSA) is 80.8 Å². The van der Waals surface area contributed by atoms with Crippen LogP contribution in [0.3, 0.4) is 0 Å². The van der Waals surface area contributed by atoms with Gasteiger partial charge in [-0.25, -0.2) is 9.59 Å². The first-order chi connectivity index (χ1) is 7.62. The Kier molecular flexibility index (Phi) is 3.56. The Labute approximate surface area is 91.4 Å². The predicted octanol–water partition coefficient (Wildman–Crippen LogP) is 1.74. The van der Waals surface area contributed by atoms with Crippen LogP contribution in [0.1, 0.15) is 20.7 Å². The van der Waals surface area contributed by atoms with Crippen molar-refractivity contribution in [3.05, 3.63) is 34.3 Å². The van der Waals surface area contributed by atoms with Crippen molar-refractivity contribution < 1.29 is 19.1 Å². The third-order valence-electron chi connectivity index (χ3n) is 1.88. The van der Waals surface area contributed by atoms with E-state index in [1.54, 1.807) is 0 Å². The average Bonchev–Trinajstić information content (AvgIpc) is 2.35. The molecule has 1 aromatic carbocycles. The molecule has 82 valence electrons. The molecule has 0 aliphatic rings. The fraction of sp³-hybridized carbons (Fsp3) is 0.200. The van der Waals surface area contributed by atoms with E-state index in [2.05, 4.69) is 14.4 Å². The number of esters is 2. The molecule has 0 fully saturated rings. The van der Waals surface area contributed by atoms with E-state index in [9.17, 15) is 9.59 Å². The van der Waals surface area contributed by atoms with Gasteiger partial charge in [-0.3, -0.25) is 0 Å². The minimum Gasteiger partial charge on any atom is -0.465 e. The molecular weight excluding hydrogens is 212 g/mol. The molecule has 1 rings (SSSR count). The Morgan fingerprint density at radius 2 is 1.50 bits per heavy atom. The molecule has 0 aromatic heterocycles. The molecule has 6 nitrogen and oxygen atoms in total. The smallest absolute Gasteiger partial charge is 0.386 e. The number of rotatable bonds is 2. The zero-order chi connectivity index (χ0) is 12.1. The molecule has 0 N–H and O–H groups in total. The van der Waals surface area contributed by atoms with E-state index < -0.39 is 11.9 Å². The highest BCUT2D eigenvalue weighted by molar-refractivity contribution is 5.96. The van der Waals surface area contributed by atoms with Crippen LogP contribution in [0.5, 0.6) is 0 Å². The molecule has 0 aliphatic carbocycles. The third kappa shape index (κ3) is 2.33. The van der Waals surface area contributed by atoms with Crippen LogP contribution in [0.2, 0.25) is 0 Å². The second-order valence-electron chi connectivity index (χ2n) is 2.85. The molecule has 0 saturated heterocycles. The quantitative estimate of drug-likeness (QED) is 0.561. The lowest BCUT2D eigenvalue weighted by atomic mass is 10.1. The summed E-state index contributed by atoms with van der Waals surface area (Å²) in [5, 5.41) is 8.62. The first-order valence-corrected chi connectivity index (χ1v) is 4.29. The maximum atomic E-state index is 11.2. The second kappa shape index (κ2) is 4.89. The number of ether oxygens (including phenoxy) is 2. The minimum absolute atomic E-state index is 0.0725. The Morgan fingerprint density at radius 1 is 1.06 bits per heavy atom. The Bertz CT molecular complexity index is 442. The molecule has 0 bridgehead atoms. The molecule has 0 aliphatic heterocycles. The lowest BCUT2D eigenvalue weighted by molar-refractivity contribution is 0.0599. The molecule has 16 heavy (non-hydrogen) atoms. The van der Waals surface area contributed by atoms with E-state index in [4.69, 9.17) is 5.39 Å². The predicted molar refractivity (Wildman–Crippen MR) is 53.9 cm³/mol. The van der Waals surface area contributed by atoms with E-state index in [0.717, 1.165) is 0 Å². The summed E-state index contributed by atoms with van der Waals surface area (Å²) in [5.74, 6) is -1.26. The molecule has 6 heteroatoms. The van der Waals surface area contributed by atoms with Gasteiger partial charge < -0.3 is 9.47 Å². The van der Waals surface area contributed by atoms with Crippen molar-refractivity contribution in [3.8, 4) is 0 Å². The van der Waals surface area contributed by atoms with Gasteiger partial charge in [0.1, 0.15) is 0 Å². The highest BCUT2D eigenvalue weighted by Crippen LogP contribution is 2.19. The summed E-state index contributed by atoms with van der Waals surface area (Å²) in [6.07, 6.45) is 0. The highest BCUT2D eigenvalue weighted by atomic mass is 16.5. The van der Waals surface area contributed by atoms with Gasteiger partial charge in [-0.2, -0.15) is 0 Å². The molecule has 0 unspecified atom stereocenters. The van der Waals surface area contributed by atoms with Gasteiger partial charge in [0.2, 0.25) is 5.39 Å². The number of carbonyl (C=O) groups excluding carboxylic acids is 2. The van der Waals surface area contributed by atoms with Crippen LogP contribution in [0.4, 0.5) is 5.69 Å². The lowest BCUT2D eigenvalue weighted by Gasteiger charge is -2.00. The zero-order valence-electron chi connectivity index (χ0n) is 8.76. The maximum Gasteiger partial charge on any atom is 0.386 e. The molecule has 0 saturated carbocycles. The van der Waals surface area contributed by atoms with Crippen LogP contribution in [-0.4, -0.2) is 26.2 Å². The lowest BCUT2D eigenvalue weighted by Crippen LogP contribution is -2.06. The van der Waals surface area contributed by atoms with Gasteiger partial charge in [-0.05, 0) is 6.07 Å². The van der Waals surface area contributed by atoms with Gasteiger partial charge in [-0.1, -0.05) is 0 Å². The molecule has 0 radical (unpaired) electrons. The van der Waals surface area contributed by atoms with Crippen molar-refractivity contribution in [2.75, 3.05) is 14.2 Å². The van der Waals surface area contributed by atoms with E-state index in [1.807, 2.05) is 0 Å². The Hall–Kier alpha value is -2.42. The van der Waals surface area contributed by atoms with Crippen molar-refractivity contribution in [1.29, 1.82) is 5.39 Å². The SMILES string of the molecule is COC(=O)c1cc([N+]#N)cc(C(=O)OC)c1. The molecular formula is C10H9N2O4+. The summed E-state index contributed by atoms with van der Waals surface area (Å²) < 4.78 is 8.98. The highest BCUT2D eigenvalue weighted by Gasteiger charge is 2.18. The summed E-state index contributed by atoms with van der Waals surface area (Å²) in [4.78, 5) is 25.4. The van der Waals surface area contributed by atoms with Crippen molar-refractivity contribution in [3.63, 3.8) is 0 Å². The van der Waals surface area contributed by atoms with E-state index in [-0.39, 0.29) is 16.8 Å². The number of benzene rings is 1. The number of hydrogen-bond donors (Lipinski definition) is 0. The summed E-state index contributed by atoms with van der Waals surface area (Å²) in [7, 11) is 2.42. The summed E-state index contributed by atoms with van der Waals surface area (Å²) in [6, 6.07) is 3.88. The van der Waals surface area contributed by atoms with E-state index >= 15 is 0 Å². The second-order valence-corrected chi connectivity index (χ2v) is 2.85. The van der Waals surface area contributed by atoms with Crippen molar-refractivity contribution in [1.82, 2.24) is 0 Å². The van der Waals surface area contributed by atoms with Crippen LogP contribution in [-0.2, 0) is 9.47 Å². The number of carbonyl (C=O) groups is 2. The zero-order valence-corrected chi connectivity index (χ0v) is 8.76. The fourth-order valence-electron chi connectivity index (χ4n) is 1.14. The largest absolute Gasteiger partial charge is 0.465 e. The van der Waals surface area contributed by atoms with Gasteiger partial charge in [-0.15, -0.1) is 0 Å². The summed E-state index contributed by atoms with van der Waals surface area (Å²) in [6.45, 7) is 0. The number of hydrogen-bond acceptors (Lipinski definition) is 5. The van der Waals surface area contributed by atoms with Gasteiger partial charge in [0, 0.05) is 12.1 Å². The van der Waals surface area contributed by atoms with Crippen LogP contribution >= 0.6 is 0 Å². The molecule has 1 aromatic rings. The van der Waals surface area contributed by atoms with Crippen LogP contribution in [0.25, 0.3) is 4.98 Å². The number of methoxy groups -OCH3 is 2. The van der Waals surface area contributed by atoms with Crippen LogP contribution < -0.4 is 0 Å². The Morgan fingerprint density at radius 3 is 1.81 bits per heavy atom. The molecule has 0 spiro atoms. The summed E-state index contributed by atoms with van der Waals surface area (Å²) in [5.41, 5.74) is 0.291. The first kappa shape index (κ1) is 11.7. The maximum absolute atomic E-state index is 11.2. The molecule has 0 amide bonds. The number of nitrogens with zero attached hydrogens (tertiary/aromatic N) is 2. The minimum atomic E-state index is -0.629. The summed E-state index contributed by atoms with van der Waals surface area (Å²) >= 11 is 0. The van der Waals surface area contributed by atoms with Crippen LogP contribution in [0, 0.1) is 5.39 Å². The van der Waals surface area contributed by atoms with Crippen molar-refractivity contribution in [2.24, 2.45) is 0 Å². The average molecular weight is 221 g/mol. The van der Waals surface area contributed by atoms with Crippen molar-refractivity contribution in [2.45, 2.75) is 0 Å². The molecule has 0 atom stereocenters. The van der Waals surface area contributed by atoms with Crippen LogP contribution in [0.15, 0.2) is 18.2 Å². The van der Waals surface area contributed by atoms with E-state index in [0.29, 0.717) is 0 Å². The third-order valence-corrected chi connectivity index (χ3v) is 1.88. The normalized spacial score (nSPS) is 9.06.